The number of carbonyl (C=O) groups excluding carboxylic acids is 2. The third kappa shape index (κ3) is 3.30. The van der Waals surface area contributed by atoms with Gasteiger partial charge in [-0.2, -0.15) is 0 Å². The fraction of sp³-hybridized carbons (Fsp3) is 0.0714. The lowest BCUT2D eigenvalue weighted by Crippen LogP contribution is -2.23. The second-order valence-electron chi connectivity index (χ2n) is 4.16. The van der Waals surface area contributed by atoms with Crippen LogP contribution in [-0.2, 0) is 6.54 Å². The molecule has 0 bridgehead atoms. The van der Waals surface area contributed by atoms with E-state index in [4.69, 9.17) is 18.0 Å². The van der Waals surface area contributed by atoms with E-state index in [1.807, 2.05) is 0 Å². The number of hydrogen-bond donors (Lipinski definition) is 3. The molecule has 0 saturated heterocycles. The summed E-state index contributed by atoms with van der Waals surface area (Å²) in [7, 11) is 0. The first-order chi connectivity index (χ1) is 9.58. The highest BCUT2D eigenvalue weighted by Gasteiger charge is 2.07. The molecule has 5 nitrogen and oxygen atoms in total. The molecule has 1 aromatic carbocycles. The molecule has 0 fully saturated rings. The van der Waals surface area contributed by atoms with Crippen molar-refractivity contribution in [2.75, 3.05) is 0 Å². The van der Waals surface area contributed by atoms with Gasteiger partial charge in [-0.1, -0.05) is 24.4 Å². The summed E-state index contributed by atoms with van der Waals surface area (Å²) < 4.78 is 0.385. The van der Waals surface area contributed by atoms with Gasteiger partial charge in [-0.05, 0) is 29.8 Å². The predicted octanol–water partition coefficient (Wildman–Crippen LogP) is 1.77. The second kappa shape index (κ2) is 6.12. The molecule has 20 heavy (non-hydrogen) atoms. The Bertz CT molecular complexity index is 709. The van der Waals surface area contributed by atoms with Gasteiger partial charge < -0.3 is 16.0 Å². The summed E-state index contributed by atoms with van der Waals surface area (Å²) >= 11 is 5.04. The van der Waals surface area contributed by atoms with Crippen molar-refractivity contribution in [2.45, 2.75) is 6.54 Å². The predicted molar refractivity (Wildman–Crippen MR) is 77.8 cm³/mol. The van der Waals surface area contributed by atoms with Crippen molar-refractivity contribution in [3.05, 3.63) is 63.9 Å². The van der Waals surface area contributed by atoms with E-state index in [-0.39, 0.29) is 5.91 Å². The molecule has 2 amide bonds. The van der Waals surface area contributed by atoms with Crippen molar-refractivity contribution in [2.24, 2.45) is 5.73 Å². The van der Waals surface area contributed by atoms with Crippen molar-refractivity contribution < 1.29 is 9.59 Å². The fourth-order valence-electron chi connectivity index (χ4n) is 1.71. The Kier molecular flexibility index (Phi) is 4.27. The largest absolute Gasteiger partial charge is 0.366 e. The van der Waals surface area contributed by atoms with Gasteiger partial charge in [0.2, 0.25) is 5.91 Å². The van der Waals surface area contributed by atoms with Gasteiger partial charge in [-0.15, -0.1) is 0 Å². The Morgan fingerprint density at radius 3 is 2.75 bits per heavy atom. The molecule has 0 aliphatic carbocycles. The van der Waals surface area contributed by atoms with Crippen molar-refractivity contribution in [3.8, 4) is 0 Å². The second-order valence-corrected chi connectivity index (χ2v) is 4.57. The van der Waals surface area contributed by atoms with Gasteiger partial charge >= 0.3 is 0 Å². The maximum atomic E-state index is 12.0. The van der Waals surface area contributed by atoms with E-state index in [9.17, 15) is 9.59 Å². The molecule has 102 valence electrons. The molecule has 2 rings (SSSR count). The topological polar surface area (TPSA) is 88.0 Å². The molecule has 0 atom stereocenters. The van der Waals surface area contributed by atoms with Gasteiger partial charge in [0.05, 0.1) is 5.56 Å². The normalized spacial score (nSPS) is 10.0. The summed E-state index contributed by atoms with van der Waals surface area (Å²) in [6, 6.07) is 10.1. The van der Waals surface area contributed by atoms with E-state index in [0.29, 0.717) is 22.3 Å². The number of aromatic amines is 1. The maximum absolute atomic E-state index is 12.0. The number of amides is 2. The zero-order valence-corrected chi connectivity index (χ0v) is 11.4. The number of benzene rings is 1. The van der Waals surface area contributed by atoms with Crippen LogP contribution in [0.25, 0.3) is 0 Å². The highest BCUT2D eigenvalue weighted by molar-refractivity contribution is 7.71. The number of rotatable bonds is 4. The Morgan fingerprint density at radius 1 is 1.25 bits per heavy atom. The van der Waals surface area contributed by atoms with Crippen molar-refractivity contribution in [1.82, 2.24) is 10.3 Å². The Labute approximate surface area is 120 Å². The van der Waals surface area contributed by atoms with Crippen LogP contribution in [0.15, 0.2) is 42.6 Å². The minimum atomic E-state index is -0.497. The number of H-pyrrole nitrogens is 1. The zero-order valence-electron chi connectivity index (χ0n) is 10.6. The highest BCUT2D eigenvalue weighted by atomic mass is 32.1. The maximum Gasteiger partial charge on any atom is 0.254 e. The molecule has 2 aromatic rings. The van der Waals surface area contributed by atoms with E-state index in [1.165, 1.54) is 0 Å². The zero-order chi connectivity index (χ0) is 14.5. The number of carbonyl (C=O) groups is 2. The van der Waals surface area contributed by atoms with Crippen molar-refractivity contribution >= 4 is 24.0 Å². The monoisotopic (exact) mass is 287 g/mol. The number of primary amides is 1. The van der Waals surface area contributed by atoms with Crippen molar-refractivity contribution in [1.29, 1.82) is 0 Å². The van der Waals surface area contributed by atoms with Crippen LogP contribution in [0, 0.1) is 4.64 Å². The third-order valence-electron chi connectivity index (χ3n) is 2.73. The molecule has 1 heterocycles. The Morgan fingerprint density at radius 2 is 2.05 bits per heavy atom. The van der Waals surface area contributed by atoms with E-state index >= 15 is 0 Å². The highest BCUT2D eigenvalue weighted by Crippen LogP contribution is 2.05. The van der Waals surface area contributed by atoms with E-state index in [0.717, 1.165) is 5.56 Å². The van der Waals surface area contributed by atoms with Gasteiger partial charge in [0.15, 0.2) is 0 Å². The van der Waals surface area contributed by atoms with Crippen LogP contribution in [0.4, 0.5) is 0 Å². The van der Waals surface area contributed by atoms with E-state index in [1.54, 1.807) is 42.6 Å². The summed E-state index contributed by atoms with van der Waals surface area (Å²) in [5.74, 6) is -0.764. The SMILES string of the molecule is NC(=O)c1cccc(CNC(=O)c2ccc[nH]c2=S)c1. The first-order valence-corrected chi connectivity index (χ1v) is 6.33. The molecule has 0 radical (unpaired) electrons. The lowest BCUT2D eigenvalue weighted by atomic mass is 10.1. The summed E-state index contributed by atoms with van der Waals surface area (Å²) in [5, 5.41) is 2.74. The number of aromatic nitrogens is 1. The molecule has 0 aliphatic heterocycles. The minimum Gasteiger partial charge on any atom is -0.366 e. The van der Waals surface area contributed by atoms with Crippen LogP contribution in [0.2, 0.25) is 0 Å². The molecule has 6 heteroatoms. The molecular formula is C14H13N3O2S. The van der Waals surface area contributed by atoms with Gasteiger partial charge in [-0.25, -0.2) is 0 Å². The van der Waals surface area contributed by atoms with Crippen LogP contribution >= 0.6 is 12.2 Å². The first kappa shape index (κ1) is 14.0. The summed E-state index contributed by atoms with van der Waals surface area (Å²) in [4.78, 5) is 25.8. The van der Waals surface area contributed by atoms with Gasteiger partial charge in [0.1, 0.15) is 4.64 Å². The molecule has 0 saturated carbocycles. The molecule has 0 aliphatic rings. The standard InChI is InChI=1S/C14H13N3O2S/c15-12(18)10-4-1-3-9(7-10)8-17-13(19)11-5-2-6-16-14(11)20/h1-7H,8H2,(H2,15,18)(H,16,20)(H,17,19). The number of hydrogen-bond acceptors (Lipinski definition) is 3. The molecule has 1 aromatic heterocycles. The first-order valence-electron chi connectivity index (χ1n) is 5.92. The van der Waals surface area contributed by atoms with Gasteiger partial charge in [0, 0.05) is 18.3 Å². The lowest BCUT2D eigenvalue weighted by molar-refractivity contribution is 0.0949. The number of nitrogens with one attached hydrogen (secondary N) is 2. The molecule has 4 N–H and O–H groups in total. The van der Waals surface area contributed by atoms with E-state index < -0.39 is 5.91 Å². The third-order valence-corrected chi connectivity index (χ3v) is 3.07. The quantitative estimate of drug-likeness (QED) is 0.749. The molecule has 0 unspecified atom stereocenters. The molecule has 0 spiro atoms. The minimum absolute atomic E-state index is 0.267. The van der Waals surface area contributed by atoms with Crippen LogP contribution in [-0.4, -0.2) is 16.8 Å². The fourth-order valence-corrected chi connectivity index (χ4v) is 1.94. The molecular weight excluding hydrogens is 274 g/mol. The Balaban J connectivity index is 2.08. The average molecular weight is 287 g/mol. The van der Waals surface area contributed by atoms with Gasteiger partial charge in [-0.3, -0.25) is 9.59 Å². The lowest BCUT2D eigenvalue weighted by Gasteiger charge is -2.06. The van der Waals surface area contributed by atoms with Gasteiger partial charge in [0.25, 0.3) is 5.91 Å². The summed E-state index contributed by atoms with van der Waals surface area (Å²) in [6.07, 6.45) is 1.66. The average Bonchev–Trinajstić information content (AvgIpc) is 2.45. The van der Waals surface area contributed by atoms with Crippen LogP contribution in [0.5, 0.6) is 0 Å². The Hall–Kier alpha value is -2.47. The summed E-state index contributed by atoms with van der Waals surface area (Å²) in [5.41, 5.74) is 6.82. The summed E-state index contributed by atoms with van der Waals surface area (Å²) in [6.45, 7) is 0.295. The van der Waals surface area contributed by atoms with E-state index in [2.05, 4.69) is 10.3 Å². The number of pyridine rings is 1. The van der Waals surface area contributed by atoms with Crippen LogP contribution in [0.3, 0.4) is 0 Å². The number of nitrogens with two attached hydrogens (primary N) is 1. The van der Waals surface area contributed by atoms with Crippen LogP contribution < -0.4 is 11.1 Å². The van der Waals surface area contributed by atoms with Crippen molar-refractivity contribution in [3.63, 3.8) is 0 Å². The van der Waals surface area contributed by atoms with Crippen LogP contribution in [0.1, 0.15) is 26.3 Å². The smallest absolute Gasteiger partial charge is 0.254 e.